The van der Waals surface area contributed by atoms with Gasteiger partial charge in [-0.1, -0.05) is 56.3 Å². The number of esters is 1. The molecule has 3 aromatic rings. The fraction of sp³-hybridized carbons (Fsp3) is 0.276. The predicted octanol–water partition coefficient (Wildman–Crippen LogP) is 6.66. The second-order valence-corrected chi connectivity index (χ2v) is 11.2. The summed E-state index contributed by atoms with van der Waals surface area (Å²) in [7, 11) is 0. The van der Waals surface area contributed by atoms with Crippen molar-refractivity contribution < 1.29 is 28.6 Å². The molecule has 0 unspecified atom stereocenters. The van der Waals surface area contributed by atoms with Crippen LogP contribution in [0.4, 0.5) is 4.79 Å². The maximum Gasteiger partial charge on any atom is 0.326 e. The standard InChI is InChI=1S/C29H28INO6S/c1-4-35-24-13-19(14-25-28(33)31(29(34)38-25)15-26(32)36-16-18(2)3)12-23(30)27(24)37-17-21-10-7-9-20-8-5-6-11-22(20)21/h5-14,18H,4,15-17H2,1-3H3/b25-14+. The molecule has 198 valence electrons. The Morgan fingerprint density at radius 1 is 1.08 bits per heavy atom. The highest BCUT2D eigenvalue weighted by Crippen LogP contribution is 2.38. The molecule has 0 atom stereocenters. The summed E-state index contributed by atoms with van der Waals surface area (Å²) in [6.45, 7) is 6.33. The Morgan fingerprint density at radius 2 is 1.84 bits per heavy atom. The third-order valence-corrected chi connectivity index (χ3v) is 7.33. The number of hydrogen-bond acceptors (Lipinski definition) is 7. The van der Waals surface area contributed by atoms with E-state index in [1.165, 1.54) is 0 Å². The molecule has 1 aliphatic rings. The van der Waals surface area contributed by atoms with E-state index in [9.17, 15) is 14.4 Å². The van der Waals surface area contributed by atoms with Crippen LogP contribution in [0.2, 0.25) is 0 Å². The lowest BCUT2D eigenvalue weighted by atomic mass is 10.1. The Hall–Kier alpha value is -3.05. The van der Waals surface area contributed by atoms with Crippen LogP contribution in [0.5, 0.6) is 11.5 Å². The smallest absolute Gasteiger partial charge is 0.326 e. The fourth-order valence-corrected chi connectivity index (χ4v) is 5.48. The normalized spacial score (nSPS) is 14.6. The van der Waals surface area contributed by atoms with Crippen LogP contribution in [0, 0.1) is 9.49 Å². The van der Waals surface area contributed by atoms with Gasteiger partial charge in [0.1, 0.15) is 13.2 Å². The Kier molecular flexibility index (Phi) is 9.32. The van der Waals surface area contributed by atoms with E-state index in [2.05, 4.69) is 40.8 Å². The van der Waals surface area contributed by atoms with Gasteiger partial charge in [-0.05, 0) is 87.3 Å². The number of hydrogen-bond donors (Lipinski definition) is 0. The molecule has 0 aliphatic carbocycles. The molecule has 0 bridgehead atoms. The monoisotopic (exact) mass is 645 g/mol. The van der Waals surface area contributed by atoms with Crippen LogP contribution in [-0.4, -0.2) is 41.8 Å². The van der Waals surface area contributed by atoms with Crippen LogP contribution in [0.15, 0.2) is 59.5 Å². The number of thioether (sulfide) groups is 1. The number of nitrogens with zero attached hydrogens (tertiary/aromatic N) is 1. The number of imide groups is 1. The van der Waals surface area contributed by atoms with E-state index in [1.54, 1.807) is 12.1 Å². The number of benzene rings is 3. The van der Waals surface area contributed by atoms with E-state index < -0.39 is 23.7 Å². The van der Waals surface area contributed by atoms with Crippen molar-refractivity contribution in [2.75, 3.05) is 19.8 Å². The highest BCUT2D eigenvalue weighted by molar-refractivity contribution is 14.1. The molecule has 0 spiro atoms. The maximum atomic E-state index is 12.9. The van der Waals surface area contributed by atoms with Gasteiger partial charge < -0.3 is 14.2 Å². The lowest BCUT2D eigenvalue weighted by molar-refractivity contribution is -0.147. The van der Waals surface area contributed by atoms with Crippen LogP contribution in [-0.2, 0) is 20.9 Å². The number of rotatable bonds is 10. The van der Waals surface area contributed by atoms with Gasteiger partial charge in [0.15, 0.2) is 11.5 Å². The highest BCUT2D eigenvalue weighted by atomic mass is 127. The fourth-order valence-electron chi connectivity index (χ4n) is 3.86. The second-order valence-electron chi connectivity index (χ2n) is 9.03. The third kappa shape index (κ3) is 6.68. The van der Waals surface area contributed by atoms with Crippen LogP contribution in [0.3, 0.4) is 0 Å². The lowest BCUT2D eigenvalue weighted by Gasteiger charge is -2.16. The topological polar surface area (TPSA) is 82.1 Å². The van der Waals surface area contributed by atoms with Crippen molar-refractivity contribution in [1.82, 2.24) is 4.90 Å². The van der Waals surface area contributed by atoms with Gasteiger partial charge in [0.2, 0.25) is 0 Å². The summed E-state index contributed by atoms with van der Waals surface area (Å²) in [5.74, 6) is 0.185. The molecule has 0 N–H and O–H groups in total. The SMILES string of the molecule is CCOc1cc(/C=C2/SC(=O)N(CC(=O)OCC(C)C)C2=O)cc(I)c1OCc1cccc2ccccc12. The molecular weight excluding hydrogens is 617 g/mol. The summed E-state index contributed by atoms with van der Waals surface area (Å²) in [6, 6.07) is 17.9. The van der Waals surface area contributed by atoms with Gasteiger partial charge in [-0.2, -0.15) is 0 Å². The minimum atomic E-state index is -0.608. The molecule has 2 amide bonds. The van der Waals surface area contributed by atoms with Crippen LogP contribution in [0.1, 0.15) is 31.9 Å². The summed E-state index contributed by atoms with van der Waals surface area (Å²) in [5, 5.41) is 1.77. The Balaban J connectivity index is 1.53. The zero-order valence-electron chi connectivity index (χ0n) is 21.4. The molecule has 1 fully saturated rings. The predicted molar refractivity (Wildman–Crippen MR) is 157 cm³/mol. The van der Waals surface area contributed by atoms with Crippen molar-refractivity contribution in [3.63, 3.8) is 0 Å². The van der Waals surface area contributed by atoms with Crippen molar-refractivity contribution in [2.45, 2.75) is 27.4 Å². The van der Waals surface area contributed by atoms with Gasteiger partial charge in [-0.25, -0.2) is 0 Å². The number of amides is 2. The summed E-state index contributed by atoms with van der Waals surface area (Å²) in [6.07, 6.45) is 1.63. The Bertz CT molecular complexity index is 1400. The lowest BCUT2D eigenvalue weighted by Crippen LogP contribution is -2.34. The molecule has 4 rings (SSSR count). The largest absolute Gasteiger partial charge is 0.490 e. The first-order valence-electron chi connectivity index (χ1n) is 12.2. The zero-order chi connectivity index (χ0) is 27.2. The minimum Gasteiger partial charge on any atom is -0.490 e. The Morgan fingerprint density at radius 3 is 2.61 bits per heavy atom. The highest BCUT2D eigenvalue weighted by Gasteiger charge is 2.36. The third-order valence-electron chi connectivity index (χ3n) is 5.62. The zero-order valence-corrected chi connectivity index (χ0v) is 24.3. The van der Waals surface area contributed by atoms with E-state index in [0.29, 0.717) is 30.3 Å². The molecule has 0 radical (unpaired) electrons. The maximum absolute atomic E-state index is 12.9. The molecule has 1 saturated heterocycles. The number of ether oxygens (including phenoxy) is 3. The molecule has 0 aromatic heterocycles. The first-order valence-corrected chi connectivity index (χ1v) is 14.1. The van der Waals surface area contributed by atoms with Gasteiger partial charge in [0, 0.05) is 0 Å². The van der Waals surface area contributed by atoms with Gasteiger partial charge >= 0.3 is 5.97 Å². The number of carbonyl (C=O) groups is 3. The van der Waals surface area contributed by atoms with E-state index in [-0.39, 0.29) is 17.4 Å². The first kappa shape index (κ1) is 28.0. The van der Waals surface area contributed by atoms with E-state index in [0.717, 1.165) is 36.6 Å². The van der Waals surface area contributed by atoms with Gasteiger partial charge in [-0.3, -0.25) is 19.3 Å². The average Bonchev–Trinajstić information content (AvgIpc) is 3.14. The van der Waals surface area contributed by atoms with Gasteiger partial charge in [0.05, 0.1) is 21.7 Å². The molecule has 1 heterocycles. The first-order chi connectivity index (χ1) is 18.3. The molecule has 1 aliphatic heterocycles. The van der Waals surface area contributed by atoms with Gasteiger partial charge in [0.25, 0.3) is 11.1 Å². The molecule has 38 heavy (non-hydrogen) atoms. The minimum absolute atomic E-state index is 0.162. The van der Waals surface area contributed by atoms with Crippen molar-refractivity contribution in [3.05, 3.63) is 74.2 Å². The van der Waals surface area contributed by atoms with E-state index >= 15 is 0 Å². The second kappa shape index (κ2) is 12.7. The van der Waals surface area contributed by atoms with Gasteiger partial charge in [-0.15, -0.1) is 0 Å². The van der Waals surface area contributed by atoms with E-state index in [1.807, 2.05) is 51.1 Å². The van der Waals surface area contributed by atoms with Crippen molar-refractivity contribution >= 4 is 68.3 Å². The summed E-state index contributed by atoms with van der Waals surface area (Å²) in [4.78, 5) is 38.5. The van der Waals surface area contributed by atoms with Crippen LogP contribution >= 0.6 is 34.4 Å². The molecule has 3 aromatic carbocycles. The average molecular weight is 646 g/mol. The van der Waals surface area contributed by atoms with Crippen molar-refractivity contribution in [3.8, 4) is 11.5 Å². The number of carbonyl (C=O) groups excluding carboxylic acids is 3. The summed E-state index contributed by atoms with van der Waals surface area (Å²) in [5.41, 5.74) is 1.74. The molecule has 7 nitrogen and oxygen atoms in total. The Labute approximate surface area is 239 Å². The summed E-state index contributed by atoms with van der Waals surface area (Å²) < 4.78 is 18.0. The van der Waals surface area contributed by atoms with E-state index in [4.69, 9.17) is 14.2 Å². The van der Waals surface area contributed by atoms with Crippen LogP contribution < -0.4 is 9.47 Å². The van der Waals surface area contributed by atoms with Crippen LogP contribution in [0.25, 0.3) is 16.8 Å². The van der Waals surface area contributed by atoms with Crippen molar-refractivity contribution in [1.29, 1.82) is 0 Å². The molecule has 0 saturated carbocycles. The van der Waals surface area contributed by atoms with Crippen molar-refractivity contribution in [2.24, 2.45) is 5.92 Å². The number of halogens is 1. The quantitative estimate of drug-likeness (QED) is 0.139. The summed E-state index contributed by atoms with van der Waals surface area (Å²) >= 11 is 2.98. The number of fused-ring (bicyclic) bond motifs is 1. The molecule has 9 heteroatoms. The molecular formula is C29H28INO6S.